The van der Waals surface area contributed by atoms with Gasteiger partial charge in [0.15, 0.2) is 0 Å². The molecule has 1 fully saturated rings. The Kier molecular flexibility index (Phi) is 8.90. The minimum atomic E-state index is -0.592. The van der Waals surface area contributed by atoms with E-state index in [0.29, 0.717) is 18.8 Å². The van der Waals surface area contributed by atoms with Crippen LogP contribution in [-0.4, -0.2) is 47.5 Å². The summed E-state index contributed by atoms with van der Waals surface area (Å²) in [7, 11) is 0. The van der Waals surface area contributed by atoms with Crippen LogP contribution in [0.2, 0.25) is 5.02 Å². The SMILES string of the molecule is O=C(CN(CC1CCCO1)C(=O)Nc1ccc(F)c(Cl)c1)N(Cc1ccc(F)cc1)Cc1cccs1. The van der Waals surface area contributed by atoms with E-state index in [1.54, 1.807) is 17.0 Å². The highest BCUT2D eigenvalue weighted by Crippen LogP contribution is 2.21. The molecule has 1 aliphatic rings. The molecule has 3 amide bonds. The Morgan fingerprint density at radius 1 is 1.08 bits per heavy atom. The highest BCUT2D eigenvalue weighted by atomic mass is 35.5. The topological polar surface area (TPSA) is 61.9 Å². The lowest BCUT2D eigenvalue weighted by Crippen LogP contribution is -2.46. The monoisotopic (exact) mass is 533 g/mol. The molecule has 10 heteroatoms. The van der Waals surface area contributed by atoms with E-state index in [4.69, 9.17) is 16.3 Å². The predicted molar refractivity (Wildman–Crippen MR) is 136 cm³/mol. The molecule has 3 aromatic rings. The summed E-state index contributed by atoms with van der Waals surface area (Å²) in [5.74, 6) is -1.21. The van der Waals surface area contributed by atoms with Gasteiger partial charge >= 0.3 is 6.03 Å². The largest absolute Gasteiger partial charge is 0.376 e. The lowest BCUT2D eigenvalue weighted by atomic mass is 10.2. The molecule has 2 aromatic carbocycles. The fraction of sp³-hybridized carbons (Fsp3) is 0.308. The summed E-state index contributed by atoms with van der Waals surface area (Å²) < 4.78 is 32.6. The number of ether oxygens (including phenoxy) is 1. The van der Waals surface area contributed by atoms with Crippen LogP contribution in [0, 0.1) is 11.6 Å². The van der Waals surface area contributed by atoms with E-state index in [1.165, 1.54) is 46.6 Å². The van der Waals surface area contributed by atoms with Crippen LogP contribution in [0.1, 0.15) is 23.3 Å². The van der Waals surface area contributed by atoms with Crippen LogP contribution >= 0.6 is 22.9 Å². The molecule has 1 N–H and O–H groups in total. The fourth-order valence-corrected chi connectivity index (χ4v) is 4.83. The van der Waals surface area contributed by atoms with Crippen molar-refractivity contribution in [2.45, 2.75) is 32.0 Å². The third-order valence-corrected chi connectivity index (χ3v) is 6.95. The van der Waals surface area contributed by atoms with Crippen LogP contribution in [0.25, 0.3) is 0 Å². The molecule has 190 valence electrons. The van der Waals surface area contributed by atoms with E-state index in [-0.39, 0.29) is 42.5 Å². The van der Waals surface area contributed by atoms with Crippen LogP contribution in [0.3, 0.4) is 0 Å². The van der Waals surface area contributed by atoms with Gasteiger partial charge in [-0.1, -0.05) is 29.8 Å². The van der Waals surface area contributed by atoms with Gasteiger partial charge in [-0.15, -0.1) is 11.3 Å². The molecule has 1 saturated heterocycles. The van der Waals surface area contributed by atoms with Crippen LogP contribution in [0.5, 0.6) is 0 Å². The van der Waals surface area contributed by atoms with Gasteiger partial charge in [-0.05, 0) is 60.2 Å². The summed E-state index contributed by atoms with van der Waals surface area (Å²) in [5, 5.41) is 4.52. The van der Waals surface area contributed by atoms with Crippen molar-refractivity contribution in [3.8, 4) is 0 Å². The third-order valence-electron chi connectivity index (χ3n) is 5.80. The minimum Gasteiger partial charge on any atom is -0.376 e. The molecular weight excluding hydrogens is 508 g/mol. The van der Waals surface area contributed by atoms with E-state index < -0.39 is 11.8 Å². The van der Waals surface area contributed by atoms with Crippen molar-refractivity contribution >= 4 is 40.6 Å². The van der Waals surface area contributed by atoms with E-state index in [0.717, 1.165) is 23.3 Å². The number of urea groups is 1. The maximum atomic E-state index is 13.5. The lowest BCUT2D eigenvalue weighted by molar-refractivity contribution is -0.133. The molecule has 4 rings (SSSR count). The van der Waals surface area contributed by atoms with Crippen molar-refractivity contribution in [1.29, 1.82) is 0 Å². The molecule has 0 saturated carbocycles. The second kappa shape index (κ2) is 12.3. The minimum absolute atomic E-state index is 0.115. The van der Waals surface area contributed by atoms with Crippen molar-refractivity contribution in [2.75, 3.05) is 25.0 Å². The Hall–Kier alpha value is -3.01. The van der Waals surface area contributed by atoms with Crippen molar-refractivity contribution in [1.82, 2.24) is 9.80 Å². The van der Waals surface area contributed by atoms with Crippen LogP contribution < -0.4 is 5.32 Å². The first-order chi connectivity index (χ1) is 17.4. The van der Waals surface area contributed by atoms with Gasteiger partial charge in [0, 0.05) is 30.3 Å². The summed E-state index contributed by atoms with van der Waals surface area (Å²) in [4.78, 5) is 30.7. The van der Waals surface area contributed by atoms with Crippen LogP contribution in [-0.2, 0) is 22.6 Å². The molecule has 2 heterocycles. The molecule has 1 aromatic heterocycles. The van der Waals surface area contributed by atoms with Gasteiger partial charge in [0.1, 0.15) is 18.2 Å². The van der Waals surface area contributed by atoms with Gasteiger partial charge in [0.25, 0.3) is 0 Å². The Morgan fingerprint density at radius 3 is 2.56 bits per heavy atom. The molecule has 6 nitrogen and oxygen atoms in total. The average molecular weight is 534 g/mol. The lowest BCUT2D eigenvalue weighted by Gasteiger charge is -2.29. The fourth-order valence-electron chi connectivity index (χ4n) is 3.93. The standard InChI is InChI=1S/C26H26ClF2N3O3S/c27-23-13-20(9-10-24(23)29)30-26(34)32(15-21-3-1-11-35-21)17-25(33)31(16-22-4-2-12-36-22)14-18-5-7-19(28)8-6-18/h2,4-10,12-13,21H,1,3,11,14-17H2,(H,30,34). The van der Waals surface area contributed by atoms with Gasteiger partial charge in [0.05, 0.1) is 17.7 Å². The van der Waals surface area contributed by atoms with Gasteiger partial charge < -0.3 is 19.9 Å². The number of hydrogen-bond donors (Lipinski definition) is 1. The maximum Gasteiger partial charge on any atom is 0.322 e. The van der Waals surface area contributed by atoms with Gasteiger partial charge in [-0.2, -0.15) is 0 Å². The van der Waals surface area contributed by atoms with E-state index >= 15 is 0 Å². The Morgan fingerprint density at radius 2 is 1.89 bits per heavy atom. The second-order valence-corrected chi connectivity index (χ2v) is 9.97. The highest BCUT2D eigenvalue weighted by molar-refractivity contribution is 7.09. The van der Waals surface area contributed by atoms with Crippen LogP contribution in [0.4, 0.5) is 19.3 Å². The Balaban J connectivity index is 1.51. The quantitative estimate of drug-likeness (QED) is 0.371. The number of nitrogens with zero attached hydrogens (tertiary/aromatic N) is 2. The summed E-state index contributed by atoms with van der Waals surface area (Å²) >= 11 is 7.38. The molecule has 0 radical (unpaired) electrons. The number of anilines is 1. The predicted octanol–water partition coefficient (Wildman–Crippen LogP) is 5.92. The number of benzene rings is 2. The second-order valence-electron chi connectivity index (χ2n) is 8.53. The first-order valence-corrected chi connectivity index (χ1v) is 12.8. The van der Waals surface area contributed by atoms with Gasteiger partial charge in [0.2, 0.25) is 5.91 Å². The van der Waals surface area contributed by atoms with Crippen molar-refractivity contribution in [3.63, 3.8) is 0 Å². The first kappa shape index (κ1) is 26.1. The van der Waals surface area contributed by atoms with E-state index in [9.17, 15) is 18.4 Å². The molecular formula is C26H26ClF2N3O3S. The Labute approximate surface area is 217 Å². The van der Waals surface area contributed by atoms with Gasteiger partial charge in [-0.3, -0.25) is 4.79 Å². The number of carbonyl (C=O) groups is 2. The zero-order valence-electron chi connectivity index (χ0n) is 19.5. The summed E-state index contributed by atoms with van der Waals surface area (Å²) in [6.45, 7) is 1.27. The first-order valence-electron chi connectivity index (χ1n) is 11.5. The number of carbonyl (C=O) groups excluding carboxylic acids is 2. The van der Waals surface area contributed by atoms with Crippen LogP contribution in [0.15, 0.2) is 60.0 Å². The number of hydrogen-bond acceptors (Lipinski definition) is 4. The van der Waals surface area contributed by atoms with Crippen molar-refractivity contribution in [3.05, 3.63) is 87.1 Å². The number of halogens is 3. The number of nitrogens with one attached hydrogen (secondary N) is 1. The maximum absolute atomic E-state index is 13.5. The molecule has 36 heavy (non-hydrogen) atoms. The average Bonchev–Trinajstić information content (AvgIpc) is 3.56. The summed E-state index contributed by atoms with van der Waals surface area (Å²) in [5.41, 5.74) is 1.09. The smallest absolute Gasteiger partial charge is 0.322 e. The number of rotatable bonds is 9. The number of amides is 3. The summed E-state index contributed by atoms with van der Waals surface area (Å²) in [6.07, 6.45) is 1.49. The normalized spacial score (nSPS) is 15.0. The van der Waals surface area contributed by atoms with Crippen molar-refractivity contribution in [2.24, 2.45) is 0 Å². The summed E-state index contributed by atoms with van der Waals surface area (Å²) in [6, 6.07) is 13.2. The Bertz CT molecular complexity index is 1170. The molecule has 0 aliphatic carbocycles. The van der Waals surface area contributed by atoms with E-state index in [1.807, 2.05) is 17.5 Å². The molecule has 0 spiro atoms. The zero-order chi connectivity index (χ0) is 25.5. The highest BCUT2D eigenvalue weighted by Gasteiger charge is 2.27. The number of thiophene rings is 1. The van der Waals surface area contributed by atoms with E-state index in [2.05, 4.69) is 5.32 Å². The molecule has 1 unspecified atom stereocenters. The van der Waals surface area contributed by atoms with Gasteiger partial charge in [-0.25, -0.2) is 13.6 Å². The zero-order valence-corrected chi connectivity index (χ0v) is 21.0. The molecule has 1 aliphatic heterocycles. The molecule has 1 atom stereocenters. The molecule has 0 bridgehead atoms. The van der Waals surface area contributed by atoms with Crippen molar-refractivity contribution < 1.29 is 23.1 Å². The third kappa shape index (κ3) is 7.25.